The molecule has 0 bridgehead atoms. The van der Waals surface area contributed by atoms with Gasteiger partial charge in [0.05, 0.1) is 0 Å². The zero-order valence-corrected chi connectivity index (χ0v) is 28.5. The summed E-state index contributed by atoms with van der Waals surface area (Å²) in [5.41, 5.74) is 4.34. The number of rotatable bonds is 21. The molecular formula is C35H68O4. The summed E-state index contributed by atoms with van der Waals surface area (Å²) in [6, 6.07) is 0. The van der Waals surface area contributed by atoms with Crippen LogP contribution in [-0.2, 0) is 18.9 Å². The molecule has 0 aliphatic rings. The van der Waals surface area contributed by atoms with E-state index in [-0.39, 0.29) is 0 Å². The molecule has 0 aliphatic carbocycles. The average molecular weight is 553 g/mol. The highest BCUT2D eigenvalue weighted by Gasteiger charge is 2.21. The van der Waals surface area contributed by atoms with Crippen LogP contribution in [0.4, 0.5) is 0 Å². The predicted molar refractivity (Wildman–Crippen MR) is 171 cm³/mol. The minimum Gasteiger partial charge on any atom is -0.353 e. The van der Waals surface area contributed by atoms with Crippen LogP contribution in [0.15, 0.2) is 34.9 Å². The first-order valence-electron chi connectivity index (χ1n) is 15.4. The number of ether oxygens (including phenoxy) is 4. The van der Waals surface area contributed by atoms with Crippen LogP contribution in [0, 0.1) is 11.8 Å². The third-order valence-corrected chi connectivity index (χ3v) is 7.75. The van der Waals surface area contributed by atoms with Crippen molar-refractivity contribution in [3.05, 3.63) is 34.9 Å². The summed E-state index contributed by atoms with van der Waals surface area (Å²) < 4.78 is 21.4. The van der Waals surface area contributed by atoms with Crippen molar-refractivity contribution in [2.75, 3.05) is 28.4 Å². The van der Waals surface area contributed by atoms with E-state index in [4.69, 9.17) is 18.9 Å². The molecule has 1 atom stereocenters. The summed E-state index contributed by atoms with van der Waals surface area (Å²) in [6.45, 7) is 19.7. The maximum atomic E-state index is 5.38. The molecule has 4 nitrogen and oxygen atoms in total. The van der Waals surface area contributed by atoms with Crippen molar-refractivity contribution in [3.63, 3.8) is 0 Å². The molecule has 0 aromatic heterocycles. The summed E-state index contributed by atoms with van der Waals surface area (Å²) in [5, 5.41) is 0. The molecule has 0 amide bonds. The normalized spacial score (nSPS) is 13.8. The summed E-state index contributed by atoms with van der Waals surface area (Å²) >= 11 is 0. The lowest BCUT2D eigenvalue weighted by atomic mass is 9.94. The Hall–Kier alpha value is -0.940. The van der Waals surface area contributed by atoms with Crippen molar-refractivity contribution >= 4 is 0 Å². The Bertz CT molecular complexity index is 662. The monoisotopic (exact) mass is 553 g/mol. The Labute approximate surface area is 245 Å². The molecule has 0 N–H and O–H groups in total. The van der Waals surface area contributed by atoms with Crippen LogP contribution in [0.25, 0.3) is 0 Å². The van der Waals surface area contributed by atoms with E-state index in [1.54, 1.807) is 28.4 Å². The molecule has 0 saturated heterocycles. The average Bonchev–Trinajstić information content (AvgIpc) is 2.88. The van der Waals surface area contributed by atoms with Crippen molar-refractivity contribution in [3.8, 4) is 0 Å². The van der Waals surface area contributed by atoms with Gasteiger partial charge in [0.2, 0.25) is 0 Å². The highest BCUT2D eigenvalue weighted by atomic mass is 16.7. The molecular weight excluding hydrogens is 484 g/mol. The van der Waals surface area contributed by atoms with Gasteiger partial charge < -0.3 is 18.9 Å². The number of hydrogen-bond donors (Lipinski definition) is 0. The van der Waals surface area contributed by atoms with Crippen LogP contribution in [0.1, 0.15) is 139 Å². The molecule has 0 saturated carbocycles. The van der Waals surface area contributed by atoms with Crippen molar-refractivity contribution in [1.82, 2.24) is 0 Å². The zero-order valence-electron chi connectivity index (χ0n) is 28.5. The van der Waals surface area contributed by atoms with E-state index < -0.39 is 11.6 Å². The molecule has 1 unspecified atom stereocenters. The molecule has 0 aromatic rings. The summed E-state index contributed by atoms with van der Waals surface area (Å²) in [7, 11) is 6.80. The third kappa shape index (κ3) is 24.6. The van der Waals surface area contributed by atoms with Gasteiger partial charge >= 0.3 is 0 Å². The standard InChI is InChI=1S/C20H40O2.C15H28O2/c1-17(2)11-8-12-18(3)13-9-14-19(4)15-10-16-20(5,21-6)22-7;1-13(2)9-7-10-14(3)11-8-12-15(4,16-5)17-6/h15,17-18H,8-14,16H2,1-7H3;9,11H,7-8,10,12H2,1-6H3. The van der Waals surface area contributed by atoms with Gasteiger partial charge in [0.15, 0.2) is 11.6 Å². The van der Waals surface area contributed by atoms with Gasteiger partial charge in [0.25, 0.3) is 0 Å². The Morgan fingerprint density at radius 3 is 1.44 bits per heavy atom. The van der Waals surface area contributed by atoms with Crippen molar-refractivity contribution in [2.24, 2.45) is 11.8 Å². The fourth-order valence-corrected chi connectivity index (χ4v) is 4.28. The molecule has 0 radical (unpaired) electrons. The third-order valence-electron chi connectivity index (χ3n) is 7.75. The van der Waals surface area contributed by atoms with E-state index >= 15 is 0 Å². The maximum Gasteiger partial charge on any atom is 0.165 e. The molecule has 0 rings (SSSR count). The summed E-state index contributed by atoms with van der Waals surface area (Å²) in [5.74, 6) is 0.831. The minimum atomic E-state index is -0.448. The fourth-order valence-electron chi connectivity index (χ4n) is 4.28. The highest BCUT2D eigenvalue weighted by molar-refractivity contribution is 5.02. The molecule has 0 aromatic carbocycles. The number of hydrogen-bond acceptors (Lipinski definition) is 4. The van der Waals surface area contributed by atoms with Crippen LogP contribution in [0.3, 0.4) is 0 Å². The van der Waals surface area contributed by atoms with Gasteiger partial charge in [0.1, 0.15) is 0 Å². The summed E-state index contributed by atoms with van der Waals surface area (Å²) in [4.78, 5) is 0. The second kappa shape index (κ2) is 23.7. The van der Waals surface area contributed by atoms with E-state index in [0.717, 1.165) is 50.4 Å². The first-order chi connectivity index (χ1) is 18.3. The fraction of sp³-hybridized carbons (Fsp3) is 0.829. The van der Waals surface area contributed by atoms with E-state index in [2.05, 4.69) is 66.7 Å². The first-order valence-corrected chi connectivity index (χ1v) is 15.4. The van der Waals surface area contributed by atoms with Crippen LogP contribution in [0.5, 0.6) is 0 Å². The largest absolute Gasteiger partial charge is 0.353 e. The Morgan fingerprint density at radius 2 is 1.03 bits per heavy atom. The van der Waals surface area contributed by atoms with Crippen molar-refractivity contribution < 1.29 is 18.9 Å². The van der Waals surface area contributed by atoms with Gasteiger partial charge in [-0.3, -0.25) is 0 Å². The molecule has 0 spiro atoms. The molecule has 39 heavy (non-hydrogen) atoms. The number of allylic oxidation sites excluding steroid dienone is 6. The van der Waals surface area contributed by atoms with Gasteiger partial charge in [0, 0.05) is 41.3 Å². The van der Waals surface area contributed by atoms with Gasteiger partial charge in [-0.15, -0.1) is 0 Å². The SMILES string of the molecule is COC(C)(CCC=C(C)CCC=C(C)C)OC.COC(C)(CCC=C(C)CCCC(C)CCCC(C)C)OC. The topological polar surface area (TPSA) is 36.9 Å². The second-order valence-corrected chi connectivity index (χ2v) is 12.4. The van der Waals surface area contributed by atoms with Gasteiger partial charge in [-0.1, -0.05) is 81.4 Å². The Kier molecular flexibility index (Phi) is 24.5. The van der Waals surface area contributed by atoms with E-state index in [9.17, 15) is 0 Å². The van der Waals surface area contributed by atoms with E-state index in [1.165, 1.54) is 55.2 Å². The maximum absolute atomic E-state index is 5.38. The van der Waals surface area contributed by atoms with Crippen LogP contribution < -0.4 is 0 Å². The summed E-state index contributed by atoms with van der Waals surface area (Å²) in [6.07, 6.45) is 21.1. The molecule has 4 heteroatoms. The predicted octanol–water partition coefficient (Wildman–Crippen LogP) is 10.8. The lowest BCUT2D eigenvalue weighted by molar-refractivity contribution is -0.196. The minimum absolute atomic E-state index is 0.443. The first kappa shape index (κ1) is 40.2. The Morgan fingerprint density at radius 1 is 0.590 bits per heavy atom. The molecule has 0 heterocycles. The van der Waals surface area contributed by atoms with Crippen LogP contribution in [-0.4, -0.2) is 40.0 Å². The van der Waals surface area contributed by atoms with Gasteiger partial charge in [-0.25, -0.2) is 0 Å². The van der Waals surface area contributed by atoms with E-state index in [1.807, 2.05) is 13.8 Å². The van der Waals surface area contributed by atoms with Crippen molar-refractivity contribution in [1.29, 1.82) is 0 Å². The molecule has 0 aliphatic heterocycles. The zero-order chi connectivity index (χ0) is 30.3. The van der Waals surface area contributed by atoms with Crippen molar-refractivity contribution in [2.45, 2.75) is 151 Å². The molecule has 0 fully saturated rings. The molecule has 232 valence electrons. The van der Waals surface area contributed by atoms with Crippen LogP contribution >= 0.6 is 0 Å². The highest BCUT2D eigenvalue weighted by Crippen LogP contribution is 2.22. The number of methoxy groups -OCH3 is 4. The Balaban J connectivity index is 0. The van der Waals surface area contributed by atoms with Gasteiger partial charge in [-0.2, -0.15) is 0 Å². The van der Waals surface area contributed by atoms with E-state index in [0.29, 0.717) is 0 Å². The van der Waals surface area contributed by atoms with Crippen LogP contribution in [0.2, 0.25) is 0 Å². The lowest BCUT2D eigenvalue weighted by Crippen LogP contribution is -2.29. The second-order valence-electron chi connectivity index (χ2n) is 12.4. The quantitative estimate of drug-likeness (QED) is 0.105. The lowest BCUT2D eigenvalue weighted by Gasteiger charge is -2.25. The van der Waals surface area contributed by atoms with Gasteiger partial charge in [-0.05, 0) is 91.9 Å². The smallest absolute Gasteiger partial charge is 0.165 e.